The largest absolute Gasteiger partial charge is 0.324 e. The Kier molecular flexibility index (Phi) is 6.02. The van der Waals surface area contributed by atoms with Gasteiger partial charge in [-0.3, -0.25) is 14.5 Å². The summed E-state index contributed by atoms with van der Waals surface area (Å²) in [5.41, 5.74) is 3.95. The molecule has 0 bridgehead atoms. The fraction of sp³-hybridized carbons (Fsp3) is 0.414. The molecule has 202 valence electrons. The van der Waals surface area contributed by atoms with E-state index in [1.165, 1.54) is 39.4 Å². The van der Waals surface area contributed by atoms with E-state index in [4.69, 9.17) is 4.98 Å². The predicted octanol–water partition coefficient (Wildman–Crippen LogP) is 3.91. The summed E-state index contributed by atoms with van der Waals surface area (Å²) in [5, 5.41) is 8.25. The zero-order valence-corrected chi connectivity index (χ0v) is 22.9. The number of nitrogens with one attached hydrogen (secondary N) is 1. The monoisotopic (exact) mass is 526 g/mol. The molecule has 10 nitrogen and oxygen atoms in total. The minimum absolute atomic E-state index is 0.142. The first kappa shape index (κ1) is 25.2. The highest BCUT2D eigenvalue weighted by atomic mass is 16.1. The molecule has 1 spiro atoms. The Labute approximate surface area is 226 Å². The normalized spacial score (nSPS) is 16.3. The molecule has 10 heteroatoms. The molecule has 6 rings (SSSR count). The number of anilines is 2. The number of nitrogens with zero attached hydrogens (tertiary/aromatic N) is 7. The van der Waals surface area contributed by atoms with E-state index < -0.39 is 0 Å². The maximum absolute atomic E-state index is 13.3. The summed E-state index contributed by atoms with van der Waals surface area (Å²) in [7, 11) is 0. The van der Waals surface area contributed by atoms with Gasteiger partial charge in [-0.1, -0.05) is 12.1 Å². The Balaban J connectivity index is 1.42. The van der Waals surface area contributed by atoms with Crippen LogP contribution in [0.15, 0.2) is 58.8 Å². The van der Waals surface area contributed by atoms with E-state index in [9.17, 15) is 9.59 Å². The first-order valence-corrected chi connectivity index (χ1v) is 13.5. The molecule has 1 fully saturated rings. The van der Waals surface area contributed by atoms with Crippen molar-refractivity contribution >= 4 is 22.7 Å². The van der Waals surface area contributed by atoms with Crippen LogP contribution >= 0.6 is 0 Å². The second kappa shape index (κ2) is 9.30. The van der Waals surface area contributed by atoms with Crippen molar-refractivity contribution in [3.05, 3.63) is 81.0 Å². The lowest BCUT2D eigenvalue weighted by Crippen LogP contribution is -2.41. The average molecular weight is 527 g/mol. The number of allylic oxidation sites excluding steroid dienone is 1. The van der Waals surface area contributed by atoms with Crippen LogP contribution in [0.1, 0.15) is 57.7 Å². The minimum Gasteiger partial charge on any atom is -0.324 e. The summed E-state index contributed by atoms with van der Waals surface area (Å²) >= 11 is 0. The zero-order valence-electron chi connectivity index (χ0n) is 22.9. The minimum atomic E-state index is -0.252. The lowest BCUT2D eigenvalue weighted by atomic mass is 9.86. The molecule has 1 aromatic carbocycles. The van der Waals surface area contributed by atoms with Crippen LogP contribution in [0.25, 0.3) is 16.9 Å². The van der Waals surface area contributed by atoms with E-state index in [0.29, 0.717) is 34.3 Å². The zero-order chi connectivity index (χ0) is 27.5. The standard InChI is InChI=1S/C29H34N8O2/c1-6-13-35-27(39)22-15-30-28(32-26(22)37(35)24-9-10-25(38)36(33-24)19(4)5)31-21-7-8-23-20(14-21)16-34(18(2)3)17-29(23)11-12-29/h6-10,14-15,18-19H,1,11-13,16-17H2,2-5H3,(H,30,31,32). The molecule has 0 atom stereocenters. The molecule has 4 heterocycles. The third-order valence-electron chi connectivity index (χ3n) is 7.89. The van der Waals surface area contributed by atoms with Crippen molar-refractivity contribution in [2.75, 3.05) is 11.9 Å². The third-order valence-corrected chi connectivity index (χ3v) is 7.89. The second-order valence-corrected chi connectivity index (χ2v) is 11.3. The van der Waals surface area contributed by atoms with Crippen molar-refractivity contribution in [2.45, 2.75) is 71.1 Å². The molecule has 3 aromatic heterocycles. The number of hydrogen-bond acceptors (Lipinski definition) is 7. The average Bonchev–Trinajstić information content (AvgIpc) is 3.62. The molecule has 1 aliphatic heterocycles. The van der Waals surface area contributed by atoms with Crippen LogP contribution in [0.5, 0.6) is 0 Å². The summed E-state index contributed by atoms with van der Waals surface area (Å²) in [4.78, 5) is 37.4. The summed E-state index contributed by atoms with van der Waals surface area (Å²) in [5.74, 6) is 0.793. The molecule has 0 saturated heterocycles. The molecule has 2 aliphatic rings. The van der Waals surface area contributed by atoms with Crippen LogP contribution in [0.3, 0.4) is 0 Å². The van der Waals surface area contributed by atoms with Crippen LogP contribution in [-0.2, 0) is 18.5 Å². The Morgan fingerprint density at radius 2 is 1.90 bits per heavy atom. The molecule has 0 unspecified atom stereocenters. The Hall–Kier alpha value is -4.05. The van der Waals surface area contributed by atoms with E-state index in [1.807, 2.05) is 13.8 Å². The molecule has 0 radical (unpaired) electrons. The number of fused-ring (bicyclic) bond motifs is 3. The molecule has 39 heavy (non-hydrogen) atoms. The highest BCUT2D eigenvalue weighted by Gasteiger charge is 2.49. The van der Waals surface area contributed by atoms with E-state index in [-0.39, 0.29) is 23.7 Å². The second-order valence-electron chi connectivity index (χ2n) is 11.3. The summed E-state index contributed by atoms with van der Waals surface area (Å²) < 4.78 is 4.53. The van der Waals surface area contributed by atoms with Gasteiger partial charge in [-0.15, -0.1) is 11.7 Å². The summed E-state index contributed by atoms with van der Waals surface area (Å²) in [6, 6.07) is 9.95. The van der Waals surface area contributed by atoms with Gasteiger partial charge in [0, 0.05) is 42.5 Å². The highest BCUT2D eigenvalue weighted by Crippen LogP contribution is 2.53. The Morgan fingerprint density at radius 1 is 1.10 bits per heavy atom. The number of benzene rings is 1. The van der Waals surface area contributed by atoms with Gasteiger partial charge in [0.15, 0.2) is 11.5 Å². The van der Waals surface area contributed by atoms with Crippen LogP contribution in [-0.4, -0.2) is 46.6 Å². The number of aromatic nitrogens is 6. The van der Waals surface area contributed by atoms with Crippen molar-refractivity contribution in [2.24, 2.45) is 0 Å². The fourth-order valence-corrected chi connectivity index (χ4v) is 5.65. The van der Waals surface area contributed by atoms with Crippen molar-refractivity contribution in [3.8, 4) is 5.82 Å². The van der Waals surface area contributed by atoms with Crippen molar-refractivity contribution < 1.29 is 0 Å². The topological polar surface area (TPSA) is 103 Å². The van der Waals surface area contributed by atoms with Crippen LogP contribution in [0, 0.1) is 0 Å². The van der Waals surface area contributed by atoms with Gasteiger partial charge in [0.25, 0.3) is 11.1 Å². The van der Waals surface area contributed by atoms with Crippen LogP contribution in [0.2, 0.25) is 0 Å². The van der Waals surface area contributed by atoms with Gasteiger partial charge in [-0.05, 0) is 69.9 Å². The first-order valence-electron chi connectivity index (χ1n) is 13.5. The van der Waals surface area contributed by atoms with Crippen LogP contribution < -0.4 is 16.4 Å². The van der Waals surface area contributed by atoms with Crippen molar-refractivity contribution in [1.29, 1.82) is 0 Å². The highest BCUT2D eigenvalue weighted by molar-refractivity contribution is 5.77. The lowest BCUT2D eigenvalue weighted by molar-refractivity contribution is 0.177. The van der Waals surface area contributed by atoms with E-state index in [2.05, 4.69) is 58.9 Å². The SMILES string of the molecule is C=CCn1c(=O)c2cnc(Nc3ccc4c(c3)CN(C(C)C)CC43CC3)nc2n1-c1ccc(=O)n(C(C)C)n1. The van der Waals surface area contributed by atoms with E-state index in [1.54, 1.807) is 23.0 Å². The maximum Gasteiger partial charge on any atom is 0.278 e. The van der Waals surface area contributed by atoms with Gasteiger partial charge in [0.2, 0.25) is 5.95 Å². The molecule has 1 aliphatic carbocycles. The van der Waals surface area contributed by atoms with Gasteiger partial charge in [0.05, 0.1) is 12.6 Å². The Bertz CT molecular complexity index is 1710. The quantitative estimate of drug-likeness (QED) is 0.364. The Morgan fingerprint density at radius 3 is 2.59 bits per heavy atom. The van der Waals surface area contributed by atoms with Gasteiger partial charge in [-0.25, -0.2) is 19.0 Å². The van der Waals surface area contributed by atoms with Gasteiger partial charge in [-0.2, -0.15) is 4.98 Å². The number of hydrogen-bond donors (Lipinski definition) is 1. The van der Waals surface area contributed by atoms with Crippen molar-refractivity contribution in [1.82, 2.24) is 34.0 Å². The van der Waals surface area contributed by atoms with Gasteiger partial charge >= 0.3 is 0 Å². The van der Waals surface area contributed by atoms with Crippen molar-refractivity contribution in [3.63, 3.8) is 0 Å². The fourth-order valence-electron chi connectivity index (χ4n) is 5.65. The summed E-state index contributed by atoms with van der Waals surface area (Å²) in [6.45, 7) is 14.4. The molecule has 4 aromatic rings. The van der Waals surface area contributed by atoms with E-state index >= 15 is 0 Å². The molecular formula is C29H34N8O2. The van der Waals surface area contributed by atoms with Gasteiger partial charge in [0.1, 0.15) is 5.39 Å². The van der Waals surface area contributed by atoms with E-state index in [0.717, 1.165) is 18.8 Å². The van der Waals surface area contributed by atoms with Crippen LogP contribution in [0.4, 0.5) is 11.6 Å². The molecule has 0 amide bonds. The first-order chi connectivity index (χ1) is 18.7. The molecule has 1 saturated carbocycles. The number of rotatable bonds is 7. The smallest absolute Gasteiger partial charge is 0.278 e. The third kappa shape index (κ3) is 4.28. The van der Waals surface area contributed by atoms with Gasteiger partial charge < -0.3 is 5.32 Å². The maximum atomic E-state index is 13.3. The predicted molar refractivity (Wildman–Crippen MR) is 152 cm³/mol. The molecule has 1 N–H and O–H groups in total. The molecular weight excluding hydrogens is 492 g/mol. The lowest BCUT2D eigenvalue weighted by Gasteiger charge is -2.37. The summed E-state index contributed by atoms with van der Waals surface area (Å²) in [6.07, 6.45) is 5.67.